The number of hydrogen-bond donors (Lipinski definition) is 3. The third kappa shape index (κ3) is 2.13. The highest BCUT2D eigenvalue weighted by Crippen LogP contribution is 2.87. The van der Waals surface area contributed by atoms with Gasteiger partial charge in [-0.1, -0.05) is 20.8 Å². The van der Waals surface area contributed by atoms with Crippen molar-refractivity contribution in [3.63, 3.8) is 0 Å². The van der Waals surface area contributed by atoms with E-state index < -0.39 is 80.7 Å². The van der Waals surface area contributed by atoms with Gasteiger partial charge >= 0.3 is 11.9 Å². The number of ether oxygens (including phenoxy) is 4. The number of hydrogen-bond acceptors (Lipinski definition) is 10. The number of aliphatic hydroxyl groups excluding tert-OH is 1. The molecule has 2 bridgehead atoms. The second-order valence-electron chi connectivity index (χ2n) is 13.3. The van der Waals surface area contributed by atoms with Crippen LogP contribution in [0.1, 0.15) is 64.5 Å². The van der Waals surface area contributed by atoms with Gasteiger partial charge in [-0.2, -0.15) is 0 Å². The maximum absolute atomic E-state index is 13.3. The molecule has 10 heteroatoms. The van der Waals surface area contributed by atoms with Gasteiger partial charge in [0.15, 0.2) is 0 Å². The summed E-state index contributed by atoms with van der Waals surface area (Å²) < 4.78 is 29.3. The summed E-state index contributed by atoms with van der Waals surface area (Å²) in [5, 5.41) is 38.2. The van der Waals surface area contributed by atoms with Gasteiger partial charge in [0.05, 0.1) is 37.6 Å². The number of carbonyl (C=O) groups excluding carboxylic acids is 2. The standard InChI is InChI=1S/C28H36O10/c1-22-13-25(32)20-27(33)15(24(25,3)16(22)10-17(29)34-4)6-8-23(2)19(14-7-9-36-12-14)37-18(30)11-26(23,27)38-28(20,35-5)21(22)31/h7,9,12,15-16,19-21,31-33H,6,8,10-11,13H2,1-5H3/t15-,16+,19+,20+,21+,22-,23+,24-,25+,26-,27+,28-/m1/s1. The van der Waals surface area contributed by atoms with Crippen LogP contribution in [0.15, 0.2) is 23.0 Å². The Morgan fingerprint density at radius 3 is 2.58 bits per heavy atom. The number of fused-ring (bicyclic) bond motifs is 2. The summed E-state index contributed by atoms with van der Waals surface area (Å²) in [6, 6.07) is 1.73. The van der Waals surface area contributed by atoms with Crippen LogP contribution in [0.3, 0.4) is 0 Å². The lowest BCUT2D eigenvalue weighted by molar-refractivity contribution is -0.368. The highest BCUT2D eigenvalue weighted by atomic mass is 16.7. The number of methoxy groups -OCH3 is 2. The highest BCUT2D eigenvalue weighted by Gasteiger charge is 2.98. The highest BCUT2D eigenvalue weighted by molar-refractivity contribution is 5.74. The van der Waals surface area contributed by atoms with Crippen molar-refractivity contribution in [3.05, 3.63) is 24.2 Å². The van der Waals surface area contributed by atoms with Crippen LogP contribution in [0.25, 0.3) is 0 Å². The predicted octanol–water partition coefficient (Wildman–Crippen LogP) is 1.86. The molecule has 2 saturated heterocycles. The van der Waals surface area contributed by atoms with Gasteiger partial charge in [0.1, 0.15) is 23.4 Å². The first-order chi connectivity index (χ1) is 17.8. The van der Waals surface area contributed by atoms with Crippen LogP contribution < -0.4 is 0 Å². The Bertz CT molecular complexity index is 1230. The van der Waals surface area contributed by atoms with Crippen LogP contribution in [0.4, 0.5) is 0 Å². The minimum Gasteiger partial charge on any atom is -0.472 e. The van der Waals surface area contributed by atoms with Crippen molar-refractivity contribution in [1.29, 1.82) is 0 Å². The SMILES string of the molecule is COC(=O)C[C@H]1[C@@]2(C)C[C@]3(O)[C@@H]4[C@@](OC)(O[C@]56CC(=O)O[C@@H](c7ccoc7)[C@]5(C)CC[C@H]([C@]13C)[C@]46O)[C@H]2O. The molecule has 4 saturated carbocycles. The quantitative estimate of drug-likeness (QED) is 0.491. The fraction of sp³-hybridized carbons (Fsp3) is 0.786. The number of aliphatic hydroxyl groups is 3. The average Bonchev–Trinajstić information content (AvgIpc) is 3.54. The molecule has 208 valence electrons. The first kappa shape index (κ1) is 25.0. The summed E-state index contributed by atoms with van der Waals surface area (Å²) in [5.41, 5.74) is -7.14. The van der Waals surface area contributed by atoms with Gasteiger partial charge in [0, 0.05) is 35.3 Å². The second-order valence-corrected chi connectivity index (χ2v) is 13.3. The Kier molecular flexibility index (Phi) is 4.50. The second kappa shape index (κ2) is 6.83. The molecule has 1 spiro atoms. The molecule has 38 heavy (non-hydrogen) atoms. The van der Waals surface area contributed by atoms with Crippen LogP contribution in [-0.4, -0.2) is 70.2 Å². The molecule has 1 aromatic heterocycles. The van der Waals surface area contributed by atoms with Gasteiger partial charge in [-0.15, -0.1) is 0 Å². The molecule has 0 aromatic carbocycles. The maximum atomic E-state index is 13.3. The van der Waals surface area contributed by atoms with Crippen molar-refractivity contribution >= 4 is 11.9 Å². The smallest absolute Gasteiger partial charge is 0.309 e. The van der Waals surface area contributed by atoms with E-state index in [0.29, 0.717) is 18.4 Å². The molecule has 0 unspecified atom stereocenters. The molecule has 0 radical (unpaired) electrons. The normalized spacial score (nSPS) is 57.5. The van der Waals surface area contributed by atoms with E-state index in [-0.39, 0.29) is 19.3 Å². The third-order valence-corrected chi connectivity index (χ3v) is 12.5. The van der Waals surface area contributed by atoms with Crippen LogP contribution >= 0.6 is 0 Å². The molecule has 0 amide bonds. The molecule has 12 atom stereocenters. The van der Waals surface area contributed by atoms with E-state index >= 15 is 0 Å². The minimum absolute atomic E-state index is 0.0358. The average molecular weight is 533 g/mol. The first-order valence-electron chi connectivity index (χ1n) is 13.4. The van der Waals surface area contributed by atoms with E-state index in [2.05, 4.69) is 0 Å². The molecular formula is C28H36O10. The fourth-order valence-electron chi connectivity index (χ4n) is 11.2. The molecular weight excluding hydrogens is 496 g/mol. The maximum Gasteiger partial charge on any atom is 0.309 e. The molecule has 1 aromatic rings. The molecule has 2 aliphatic heterocycles. The van der Waals surface area contributed by atoms with Crippen LogP contribution in [0.2, 0.25) is 0 Å². The van der Waals surface area contributed by atoms with E-state index in [4.69, 9.17) is 23.4 Å². The zero-order chi connectivity index (χ0) is 27.3. The van der Waals surface area contributed by atoms with Crippen LogP contribution in [-0.2, 0) is 28.5 Å². The lowest BCUT2D eigenvalue weighted by Crippen LogP contribution is -2.72. The molecule has 10 nitrogen and oxygen atoms in total. The van der Waals surface area contributed by atoms with Crippen LogP contribution in [0.5, 0.6) is 0 Å². The van der Waals surface area contributed by atoms with E-state index in [0.717, 1.165) is 0 Å². The van der Waals surface area contributed by atoms with E-state index in [1.807, 2.05) is 20.8 Å². The summed E-state index contributed by atoms with van der Waals surface area (Å²) in [6.45, 7) is 5.72. The Morgan fingerprint density at radius 1 is 1.21 bits per heavy atom. The van der Waals surface area contributed by atoms with Gasteiger partial charge in [-0.3, -0.25) is 9.59 Å². The van der Waals surface area contributed by atoms with Gasteiger partial charge in [-0.25, -0.2) is 0 Å². The number of furan rings is 1. The number of carbonyl (C=O) groups is 2. The predicted molar refractivity (Wildman–Crippen MR) is 127 cm³/mol. The molecule has 4 aliphatic carbocycles. The summed E-state index contributed by atoms with van der Waals surface area (Å²) in [6.07, 6.45) is 1.79. The third-order valence-electron chi connectivity index (χ3n) is 12.5. The van der Waals surface area contributed by atoms with Crippen molar-refractivity contribution in [1.82, 2.24) is 0 Å². The van der Waals surface area contributed by atoms with Gasteiger partial charge in [-0.05, 0) is 37.2 Å². The monoisotopic (exact) mass is 532 g/mol. The molecule has 3 heterocycles. The Morgan fingerprint density at radius 2 is 1.95 bits per heavy atom. The number of esters is 2. The van der Waals surface area contributed by atoms with Gasteiger partial charge < -0.3 is 38.7 Å². The molecule has 6 aliphatic rings. The minimum atomic E-state index is -1.82. The Labute approximate surface area is 220 Å². The first-order valence-corrected chi connectivity index (χ1v) is 13.4. The molecule has 3 N–H and O–H groups in total. The fourth-order valence-corrected chi connectivity index (χ4v) is 11.2. The van der Waals surface area contributed by atoms with Crippen molar-refractivity contribution in [2.24, 2.45) is 34.0 Å². The topological polar surface area (TPSA) is 145 Å². The summed E-state index contributed by atoms with van der Waals surface area (Å²) in [4.78, 5) is 26.1. The van der Waals surface area contributed by atoms with E-state index in [1.54, 1.807) is 6.07 Å². The van der Waals surface area contributed by atoms with Crippen LogP contribution in [0, 0.1) is 34.0 Å². The lowest BCUT2D eigenvalue weighted by Gasteiger charge is -2.63. The summed E-state index contributed by atoms with van der Waals surface area (Å²) in [7, 11) is 2.72. The Hall–Kier alpha value is -1.98. The van der Waals surface area contributed by atoms with E-state index in [1.165, 1.54) is 26.7 Å². The van der Waals surface area contributed by atoms with E-state index in [9.17, 15) is 24.9 Å². The van der Waals surface area contributed by atoms with Crippen molar-refractivity contribution < 1.29 is 48.3 Å². The number of cyclic esters (lactones) is 1. The largest absolute Gasteiger partial charge is 0.472 e. The zero-order valence-corrected chi connectivity index (χ0v) is 22.4. The van der Waals surface area contributed by atoms with Crippen molar-refractivity contribution in [2.45, 2.75) is 87.7 Å². The van der Waals surface area contributed by atoms with Crippen molar-refractivity contribution in [3.8, 4) is 0 Å². The van der Waals surface area contributed by atoms with Crippen molar-refractivity contribution in [2.75, 3.05) is 14.2 Å². The summed E-state index contributed by atoms with van der Waals surface area (Å²) >= 11 is 0. The molecule has 6 fully saturated rings. The number of rotatable bonds is 4. The Balaban J connectivity index is 1.52. The lowest BCUT2D eigenvalue weighted by atomic mass is 9.45. The molecule has 7 rings (SSSR count). The van der Waals surface area contributed by atoms with Gasteiger partial charge in [0.2, 0.25) is 5.79 Å². The summed E-state index contributed by atoms with van der Waals surface area (Å²) in [5.74, 6) is -4.97. The zero-order valence-electron chi connectivity index (χ0n) is 22.4. The van der Waals surface area contributed by atoms with Gasteiger partial charge in [0.25, 0.3) is 0 Å².